The molecule has 1 atom stereocenters. The van der Waals surface area contributed by atoms with Gasteiger partial charge in [-0.15, -0.1) is 22.7 Å². The van der Waals surface area contributed by atoms with Crippen molar-refractivity contribution in [3.05, 3.63) is 11.6 Å². The smallest absolute Gasteiger partial charge is 0.0910 e. The van der Waals surface area contributed by atoms with E-state index in [0.29, 0.717) is 11.4 Å². The highest BCUT2D eigenvalue weighted by molar-refractivity contribution is 7.31. The van der Waals surface area contributed by atoms with E-state index in [9.17, 15) is 5.11 Å². The maximum Gasteiger partial charge on any atom is 0.0910 e. The Bertz CT molecular complexity index is 478. The van der Waals surface area contributed by atoms with E-state index in [-0.39, 0.29) is 6.61 Å². The van der Waals surface area contributed by atoms with Gasteiger partial charge in [0.25, 0.3) is 0 Å². The molecule has 0 saturated heterocycles. The van der Waals surface area contributed by atoms with Gasteiger partial charge >= 0.3 is 0 Å². The van der Waals surface area contributed by atoms with E-state index in [4.69, 9.17) is 16.6 Å². The van der Waals surface area contributed by atoms with Gasteiger partial charge in [0.2, 0.25) is 0 Å². The van der Waals surface area contributed by atoms with Crippen LogP contribution in [0, 0.1) is 0 Å². The fraction of sp³-hybridized carbons (Fsp3) is 0.333. The van der Waals surface area contributed by atoms with E-state index in [0.717, 1.165) is 20.0 Å². The Labute approximate surface area is 94.8 Å². The van der Waals surface area contributed by atoms with Gasteiger partial charge in [-0.3, -0.25) is 0 Å². The number of nitrogen functional groups attached to an aromatic ring is 2. The molecule has 0 aliphatic carbocycles. The number of aliphatic hydroxyl groups is 2. The second kappa shape index (κ2) is 3.97. The van der Waals surface area contributed by atoms with Crippen molar-refractivity contribution in [3.63, 3.8) is 0 Å². The molecular weight excluding hydrogens is 232 g/mol. The van der Waals surface area contributed by atoms with Crippen molar-refractivity contribution in [2.75, 3.05) is 18.1 Å². The van der Waals surface area contributed by atoms with Crippen molar-refractivity contribution >= 4 is 42.1 Å². The summed E-state index contributed by atoms with van der Waals surface area (Å²) in [6, 6.07) is 1.88. The van der Waals surface area contributed by atoms with E-state index in [1.807, 2.05) is 6.07 Å². The van der Waals surface area contributed by atoms with E-state index in [2.05, 4.69) is 0 Å². The number of fused-ring (bicyclic) bond motifs is 1. The van der Waals surface area contributed by atoms with Crippen molar-refractivity contribution in [3.8, 4) is 0 Å². The van der Waals surface area contributed by atoms with Gasteiger partial charge < -0.3 is 21.7 Å². The molecule has 4 nitrogen and oxygen atoms in total. The van der Waals surface area contributed by atoms with Crippen LogP contribution in [0.3, 0.4) is 0 Å². The van der Waals surface area contributed by atoms with Gasteiger partial charge in [-0.05, 0) is 6.07 Å². The zero-order valence-electron chi connectivity index (χ0n) is 7.93. The second-order valence-corrected chi connectivity index (χ2v) is 5.50. The first-order valence-electron chi connectivity index (χ1n) is 4.47. The predicted molar refractivity (Wildman–Crippen MR) is 65.3 cm³/mol. The molecule has 6 heteroatoms. The summed E-state index contributed by atoms with van der Waals surface area (Å²) in [5, 5.41) is 19.6. The van der Waals surface area contributed by atoms with Crippen LogP contribution in [-0.4, -0.2) is 22.9 Å². The van der Waals surface area contributed by atoms with Crippen molar-refractivity contribution < 1.29 is 10.2 Å². The largest absolute Gasteiger partial charge is 0.394 e. The molecule has 0 bridgehead atoms. The maximum absolute atomic E-state index is 9.39. The minimum absolute atomic E-state index is 0.252. The molecule has 0 saturated carbocycles. The van der Waals surface area contributed by atoms with E-state index < -0.39 is 6.10 Å². The fourth-order valence-electron chi connectivity index (χ4n) is 1.46. The van der Waals surface area contributed by atoms with E-state index in [1.165, 1.54) is 22.7 Å². The molecule has 2 rings (SSSR count). The number of anilines is 2. The highest BCUT2D eigenvalue weighted by atomic mass is 32.1. The Morgan fingerprint density at radius 2 is 2.07 bits per heavy atom. The van der Waals surface area contributed by atoms with Crippen LogP contribution < -0.4 is 11.5 Å². The maximum atomic E-state index is 9.39. The Morgan fingerprint density at radius 1 is 1.33 bits per heavy atom. The lowest BCUT2D eigenvalue weighted by Crippen LogP contribution is -2.15. The number of hydrogen-bond donors (Lipinski definition) is 4. The molecule has 0 aliphatic heterocycles. The zero-order chi connectivity index (χ0) is 11.0. The average molecular weight is 244 g/mol. The van der Waals surface area contributed by atoms with Gasteiger partial charge in [-0.2, -0.15) is 0 Å². The summed E-state index contributed by atoms with van der Waals surface area (Å²) in [6.45, 7) is -0.252. The number of thiophene rings is 2. The molecule has 15 heavy (non-hydrogen) atoms. The van der Waals surface area contributed by atoms with Crippen molar-refractivity contribution in [2.45, 2.75) is 12.5 Å². The molecule has 2 aromatic rings. The van der Waals surface area contributed by atoms with Crippen LogP contribution in [0.1, 0.15) is 5.56 Å². The molecular formula is C9H12N2O2S2. The highest BCUT2D eigenvalue weighted by Crippen LogP contribution is 2.40. The third-order valence-corrected chi connectivity index (χ3v) is 4.32. The summed E-state index contributed by atoms with van der Waals surface area (Å²) in [6.07, 6.45) is -0.379. The minimum Gasteiger partial charge on any atom is -0.394 e. The normalized spacial score (nSPS) is 13.5. The SMILES string of the molecule is Nc1cc2sc(N)c(CC(O)CO)c2s1. The Kier molecular flexibility index (Phi) is 2.83. The van der Waals surface area contributed by atoms with Crippen LogP contribution in [0.2, 0.25) is 0 Å². The van der Waals surface area contributed by atoms with Crippen molar-refractivity contribution in [2.24, 2.45) is 0 Å². The molecule has 0 aliphatic rings. The lowest BCUT2D eigenvalue weighted by molar-refractivity contribution is 0.0959. The number of hydrogen-bond acceptors (Lipinski definition) is 6. The predicted octanol–water partition coefficient (Wildman–Crippen LogP) is 1.02. The van der Waals surface area contributed by atoms with Crippen molar-refractivity contribution in [1.29, 1.82) is 0 Å². The lowest BCUT2D eigenvalue weighted by Gasteiger charge is -2.05. The molecule has 0 aromatic carbocycles. The molecule has 0 fully saturated rings. The summed E-state index contributed by atoms with van der Waals surface area (Å²) < 4.78 is 2.08. The Hall–Kier alpha value is -0.820. The third-order valence-electron chi connectivity index (χ3n) is 2.16. The summed E-state index contributed by atoms with van der Waals surface area (Å²) in [5.41, 5.74) is 12.4. The fourth-order valence-corrected chi connectivity index (χ4v) is 3.69. The van der Waals surface area contributed by atoms with Crippen LogP contribution in [0.4, 0.5) is 10.0 Å². The summed E-state index contributed by atoms with van der Waals surface area (Å²) in [7, 11) is 0. The lowest BCUT2D eigenvalue weighted by atomic mass is 10.1. The number of nitrogens with two attached hydrogens (primary N) is 2. The quantitative estimate of drug-likeness (QED) is 0.648. The first-order valence-corrected chi connectivity index (χ1v) is 6.10. The Morgan fingerprint density at radius 3 is 2.73 bits per heavy atom. The molecule has 2 heterocycles. The summed E-state index contributed by atoms with van der Waals surface area (Å²) in [5.74, 6) is 0. The molecule has 0 radical (unpaired) electrons. The van der Waals surface area contributed by atoms with Gasteiger partial charge in [0.05, 0.1) is 27.4 Å². The van der Waals surface area contributed by atoms with Gasteiger partial charge in [-0.1, -0.05) is 0 Å². The highest BCUT2D eigenvalue weighted by Gasteiger charge is 2.15. The summed E-state index contributed by atoms with van der Waals surface area (Å²) >= 11 is 2.94. The molecule has 82 valence electrons. The van der Waals surface area contributed by atoms with Crippen molar-refractivity contribution in [1.82, 2.24) is 0 Å². The zero-order valence-corrected chi connectivity index (χ0v) is 9.57. The van der Waals surface area contributed by atoms with Crippen LogP contribution >= 0.6 is 22.7 Å². The van der Waals surface area contributed by atoms with E-state index in [1.54, 1.807) is 0 Å². The van der Waals surface area contributed by atoms with Crippen LogP contribution in [-0.2, 0) is 6.42 Å². The topological polar surface area (TPSA) is 92.5 Å². The van der Waals surface area contributed by atoms with Gasteiger partial charge in [0.15, 0.2) is 0 Å². The number of aliphatic hydroxyl groups excluding tert-OH is 2. The first-order chi connectivity index (χ1) is 7.11. The Balaban J connectivity index is 2.43. The molecule has 0 amide bonds. The minimum atomic E-state index is -0.756. The monoisotopic (exact) mass is 244 g/mol. The van der Waals surface area contributed by atoms with Gasteiger partial charge in [0, 0.05) is 16.7 Å². The molecule has 1 unspecified atom stereocenters. The standard InChI is InChI=1S/C9H12N2O2S2/c10-7-2-6-8(15-7)5(9(11)14-6)1-4(13)3-12/h2,4,12-13H,1,3,10-11H2. The molecule has 6 N–H and O–H groups in total. The van der Waals surface area contributed by atoms with Gasteiger partial charge in [-0.25, -0.2) is 0 Å². The third kappa shape index (κ3) is 1.93. The number of rotatable bonds is 3. The van der Waals surface area contributed by atoms with Gasteiger partial charge in [0.1, 0.15) is 0 Å². The van der Waals surface area contributed by atoms with Crippen LogP contribution in [0.25, 0.3) is 9.40 Å². The second-order valence-electron chi connectivity index (χ2n) is 3.33. The summed E-state index contributed by atoms with van der Waals surface area (Å²) in [4.78, 5) is 0. The first kappa shape index (κ1) is 10.7. The molecule has 2 aromatic heterocycles. The molecule has 0 spiro atoms. The van der Waals surface area contributed by atoms with Crippen LogP contribution in [0.15, 0.2) is 6.07 Å². The van der Waals surface area contributed by atoms with E-state index >= 15 is 0 Å². The van der Waals surface area contributed by atoms with Crippen LogP contribution in [0.5, 0.6) is 0 Å². The average Bonchev–Trinajstić information content (AvgIpc) is 2.65.